The van der Waals surface area contributed by atoms with Crippen molar-refractivity contribution in [2.75, 3.05) is 13.7 Å². The Morgan fingerprint density at radius 3 is 2.50 bits per heavy atom. The summed E-state index contributed by atoms with van der Waals surface area (Å²) in [5.74, 6) is 0. The fraction of sp³-hybridized carbons (Fsp3) is 1.00. The quantitative estimate of drug-likeness (QED) is 0.596. The van der Waals surface area contributed by atoms with Crippen molar-refractivity contribution in [2.45, 2.75) is 38.4 Å². The summed E-state index contributed by atoms with van der Waals surface area (Å²) in [5, 5.41) is 0. The highest BCUT2D eigenvalue weighted by atomic mass is 16.5. The Balaban J connectivity index is 1.93. The minimum absolute atomic E-state index is 0.474. The standard InChI is InChI=1S/C8H16O2/c1-3-4-10-8-5-7(6-8)9-2/h7-8H,3-6H2,1-2H3. The van der Waals surface area contributed by atoms with Gasteiger partial charge in [-0.3, -0.25) is 0 Å². The largest absolute Gasteiger partial charge is 0.381 e. The molecule has 0 aliphatic heterocycles. The third-order valence-electron chi connectivity index (χ3n) is 1.94. The average Bonchev–Trinajstić information content (AvgIpc) is 1.86. The molecule has 60 valence electrons. The lowest BCUT2D eigenvalue weighted by Crippen LogP contribution is -2.36. The second-order valence-corrected chi connectivity index (χ2v) is 2.82. The first-order valence-electron chi connectivity index (χ1n) is 4.01. The Bertz CT molecular complexity index is 84.5. The van der Waals surface area contributed by atoms with E-state index in [0.29, 0.717) is 12.2 Å². The first kappa shape index (κ1) is 8.02. The van der Waals surface area contributed by atoms with Crippen molar-refractivity contribution >= 4 is 0 Å². The third-order valence-corrected chi connectivity index (χ3v) is 1.94. The minimum Gasteiger partial charge on any atom is -0.381 e. The van der Waals surface area contributed by atoms with E-state index in [1.54, 1.807) is 7.11 Å². The van der Waals surface area contributed by atoms with E-state index in [4.69, 9.17) is 9.47 Å². The van der Waals surface area contributed by atoms with Crippen molar-refractivity contribution < 1.29 is 9.47 Å². The fourth-order valence-corrected chi connectivity index (χ4v) is 1.13. The summed E-state index contributed by atoms with van der Waals surface area (Å²) in [6.45, 7) is 3.04. The molecule has 0 heterocycles. The van der Waals surface area contributed by atoms with Crippen molar-refractivity contribution in [3.8, 4) is 0 Å². The third kappa shape index (κ3) is 1.96. The van der Waals surface area contributed by atoms with Crippen molar-refractivity contribution in [3.63, 3.8) is 0 Å². The smallest absolute Gasteiger partial charge is 0.0624 e. The monoisotopic (exact) mass is 144 g/mol. The van der Waals surface area contributed by atoms with Gasteiger partial charge in [0.15, 0.2) is 0 Å². The molecule has 1 saturated carbocycles. The molecule has 1 aliphatic rings. The lowest BCUT2D eigenvalue weighted by molar-refractivity contribution is -0.0864. The van der Waals surface area contributed by atoms with Crippen LogP contribution in [0.2, 0.25) is 0 Å². The maximum absolute atomic E-state index is 5.48. The van der Waals surface area contributed by atoms with Crippen LogP contribution >= 0.6 is 0 Å². The van der Waals surface area contributed by atoms with Crippen molar-refractivity contribution in [1.82, 2.24) is 0 Å². The van der Waals surface area contributed by atoms with E-state index in [-0.39, 0.29) is 0 Å². The summed E-state index contributed by atoms with van der Waals surface area (Å²) < 4.78 is 10.6. The van der Waals surface area contributed by atoms with E-state index >= 15 is 0 Å². The van der Waals surface area contributed by atoms with Gasteiger partial charge in [0.25, 0.3) is 0 Å². The van der Waals surface area contributed by atoms with Crippen LogP contribution < -0.4 is 0 Å². The first-order chi connectivity index (χ1) is 4.86. The average molecular weight is 144 g/mol. The van der Waals surface area contributed by atoms with Gasteiger partial charge in [0.05, 0.1) is 12.2 Å². The van der Waals surface area contributed by atoms with E-state index in [1.165, 1.54) is 0 Å². The van der Waals surface area contributed by atoms with Crippen LogP contribution in [0.1, 0.15) is 26.2 Å². The molecule has 0 N–H and O–H groups in total. The molecule has 0 saturated heterocycles. The van der Waals surface area contributed by atoms with Crippen LogP contribution in [-0.2, 0) is 9.47 Å². The second-order valence-electron chi connectivity index (χ2n) is 2.82. The molecule has 2 heteroatoms. The lowest BCUT2D eigenvalue weighted by Gasteiger charge is -2.33. The van der Waals surface area contributed by atoms with E-state index in [0.717, 1.165) is 25.9 Å². The molecule has 10 heavy (non-hydrogen) atoms. The molecule has 0 unspecified atom stereocenters. The Morgan fingerprint density at radius 1 is 1.30 bits per heavy atom. The van der Waals surface area contributed by atoms with Crippen LogP contribution in [0.15, 0.2) is 0 Å². The zero-order chi connectivity index (χ0) is 7.40. The number of ether oxygens (including phenoxy) is 2. The van der Waals surface area contributed by atoms with Gasteiger partial charge in [-0.25, -0.2) is 0 Å². The summed E-state index contributed by atoms with van der Waals surface area (Å²) in [6, 6.07) is 0. The van der Waals surface area contributed by atoms with Crippen LogP contribution in [0.25, 0.3) is 0 Å². The van der Waals surface area contributed by atoms with Crippen LogP contribution in [0.4, 0.5) is 0 Å². The Kier molecular flexibility index (Phi) is 3.16. The van der Waals surface area contributed by atoms with Crippen molar-refractivity contribution in [3.05, 3.63) is 0 Å². The molecule has 0 atom stereocenters. The highest BCUT2D eigenvalue weighted by molar-refractivity contribution is 4.80. The molecule has 1 fully saturated rings. The van der Waals surface area contributed by atoms with E-state index in [1.807, 2.05) is 0 Å². The van der Waals surface area contributed by atoms with Crippen LogP contribution in [0.5, 0.6) is 0 Å². The zero-order valence-electron chi connectivity index (χ0n) is 6.80. The van der Waals surface area contributed by atoms with Gasteiger partial charge in [0.2, 0.25) is 0 Å². The summed E-state index contributed by atoms with van der Waals surface area (Å²) in [7, 11) is 1.76. The summed E-state index contributed by atoms with van der Waals surface area (Å²) >= 11 is 0. The van der Waals surface area contributed by atoms with Gasteiger partial charge in [-0.2, -0.15) is 0 Å². The van der Waals surface area contributed by atoms with Gasteiger partial charge >= 0.3 is 0 Å². The van der Waals surface area contributed by atoms with Gasteiger partial charge in [-0.05, 0) is 19.3 Å². The van der Waals surface area contributed by atoms with Crippen LogP contribution in [0, 0.1) is 0 Å². The Morgan fingerprint density at radius 2 is 2.00 bits per heavy atom. The topological polar surface area (TPSA) is 18.5 Å². The van der Waals surface area contributed by atoms with Crippen molar-refractivity contribution in [2.24, 2.45) is 0 Å². The van der Waals surface area contributed by atoms with Crippen LogP contribution in [0.3, 0.4) is 0 Å². The number of hydrogen-bond acceptors (Lipinski definition) is 2. The highest BCUT2D eigenvalue weighted by Crippen LogP contribution is 2.25. The maximum atomic E-state index is 5.48. The predicted octanol–water partition coefficient (Wildman–Crippen LogP) is 1.59. The predicted molar refractivity (Wildman–Crippen MR) is 40.1 cm³/mol. The first-order valence-corrected chi connectivity index (χ1v) is 4.01. The summed E-state index contributed by atoms with van der Waals surface area (Å²) in [4.78, 5) is 0. The molecule has 0 amide bonds. The fourth-order valence-electron chi connectivity index (χ4n) is 1.13. The normalized spacial score (nSPS) is 31.8. The molecule has 0 bridgehead atoms. The number of methoxy groups -OCH3 is 1. The number of hydrogen-bond donors (Lipinski definition) is 0. The van der Waals surface area contributed by atoms with E-state index in [2.05, 4.69) is 6.92 Å². The minimum atomic E-state index is 0.474. The molecule has 0 radical (unpaired) electrons. The highest BCUT2D eigenvalue weighted by Gasteiger charge is 2.29. The lowest BCUT2D eigenvalue weighted by atomic mass is 9.92. The maximum Gasteiger partial charge on any atom is 0.0624 e. The molecule has 2 nitrogen and oxygen atoms in total. The molecule has 1 rings (SSSR count). The molecular formula is C8H16O2. The van der Waals surface area contributed by atoms with E-state index < -0.39 is 0 Å². The molecular weight excluding hydrogens is 128 g/mol. The molecule has 0 spiro atoms. The number of rotatable bonds is 4. The van der Waals surface area contributed by atoms with E-state index in [9.17, 15) is 0 Å². The molecule has 0 aromatic rings. The van der Waals surface area contributed by atoms with Gasteiger partial charge in [0, 0.05) is 13.7 Å². The van der Waals surface area contributed by atoms with Gasteiger partial charge in [-0.1, -0.05) is 6.92 Å². The molecule has 0 aromatic heterocycles. The van der Waals surface area contributed by atoms with Gasteiger partial charge in [0.1, 0.15) is 0 Å². The second kappa shape index (κ2) is 3.94. The molecule has 0 aromatic carbocycles. The molecule has 1 aliphatic carbocycles. The van der Waals surface area contributed by atoms with Gasteiger partial charge in [-0.15, -0.1) is 0 Å². The Labute approximate surface area is 62.5 Å². The zero-order valence-corrected chi connectivity index (χ0v) is 6.80. The van der Waals surface area contributed by atoms with Crippen molar-refractivity contribution in [1.29, 1.82) is 0 Å². The summed E-state index contributed by atoms with van der Waals surface area (Å²) in [5.41, 5.74) is 0. The van der Waals surface area contributed by atoms with Crippen LogP contribution in [-0.4, -0.2) is 25.9 Å². The Hall–Kier alpha value is -0.0800. The SMILES string of the molecule is CCCOC1CC(OC)C1. The van der Waals surface area contributed by atoms with Gasteiger partial charge < -0.3 is 9.47 Å². The summed E-state index contributed by atoms with van der Waals surface area (Å²) in [6.07, 6.45) is 4.27.